The Labute approximate surface area is 111 Å². The van der Waals surface area contributed by atoms with Gasteiger partial charge in [-0.3, -0.25) is 4.79 Å². The third kappa shape index (κ3) is 2.91. The van der Waals surface area contributed by atoms with Crippen molar-refractivity contribution in [2.24, 2.45) is 0 Å². The summed E-state index contributed by atoms with van der Waals surface area (Å²) in [5.74, 6) is 0.122. The quantitative estimate of drug-likeness (QED) is 0.881. The van der Waals surface area contributed by atoms with Crippen LogP contribution in [-0.2, 0) is 4.74 Å². The molecule has 0 spiro atoms. The molecular formula is C12H16ClN3O2. The molecular weight excluding hydrogens is 254 g/mol. The summed E-state index contributed by atoms with van der Waals surface area (Å²) in [5, 5.41) is 0.331. The Kier molecular flexibility index (Phi) is 4.04. The van der Waals surface area contributed by atoms with Gasteiger partial charge in [-0.1, -0.05) is 11.6 Å². The van der Waals surface area contributed by atoms with Crippen LogP contribution < -0.4 is 5.73 Å². The third-order valence-electron chi connectivity index (χ3n) is 2.85. The Hall–Kier alpha value is -1.33. The molecule has 1 aliphatic carbocycles. The van der Waals surface area contributed by atoms with Crippen LogP contribution >= 0.6 is 11.6 Å². The molecule has 6 heteroatoms. The molecule has 0 aromatic carbocycles. The lowest BCUT2D eigenvalue weighted by Crippen LogP contribution is -2.36. The van der Waals surface area contributed by atoms with E-state index in [1.54, 1.807) is 24.1 Å². The van der Waals surface area contributed by atoms with E-state index in [-0.39, 0.29) is 17.6 Å². The van der Waals surface area contributed by atoms with Crippen LogP contribution in [0.15, 0.2) is 12.1 Å². The summed E-state index contributed by atoms with van der Waals surface area (Å²) in [7, 11) is 1.61. The molecule has 1 amide bonds. The molecule has 5 nitrogen and oxygen atoms in total. The van der Waals surface area contributed by atoms with Crippen LogP contribution in [0.3, 0.4) is 0 Å². The second-order valence-electron chi connectivity index (χ2n) is 4.29. The van der Waals surface area contributed by atoms with Crippen LogP contribution in [0.2, 0.25) is 5.02 Å². The van der Waals surface area contributed by atoms with Gasteiger partial charge in [0.1, 0.15) is 11.5 Å². The highest BCUT2D eigenvalue weighted by Crippen LogP contribution is 2.29. The maximum Gasteiger partial charge on any atom is 0.274 e. The number of nitrogen functional groups attached to an aromatic ring is 1. The van der Waals surface area contributed by atoms with Gasteiger partial charge in [0.2, 0.25) is 0 Å². The molecule has 1 aliphatic rings. The maximum atomic E-state index is 12.4. The predicted molar refractivity (Wildman–Crippen MR) is 69.6 cm³/mol. The normalized spacial score (nSPS) is 14.6. The predicted octanol–water partition coefficient (Wildman–Crippen LogP) is 1.57. The molecule has 0 saturated heterocycles. The van der Waals surface area contributed by atoms with E-state index in [0.29, 0.717) is 24.0 Å². The highest BCUT2D eigenvalue weighted by molar-refractivity contribution is 6.33. The minimum absolute atomic E-state index is 0.174. The van der Waals surface area contributed by atoms with Crippen molar-refractivity contribution in [3.05, 3.63) is 22.8 Å². The zero-order valence-electron chi connectivity index (χ0n) is 10.2. The van der Waals surface area contributed by atoms with E-state index < -0.39 is 0 Å². The van der Waals surface area contributed by atoms with Gasteiger partial charge in [-0.2, -0.15) is 0 Å². The van der Waals surface area contributed by atoms with Gasteiger partial charge in [0.25, 0.3) is 5.91 Å². The SMILES string of the molecule is COCCN(C(=O)c1nc(N)ccc1Cl)C1CC1. The van der Waals surface area contributed by atoms with Crippen molar-refractivity contribution < 1.29 is 9.53 Å². The van der Waals surface area contributed by atoms with Gasteiger partial charge in [-0.05, 0) is 25.0 Å². The number of hydrogen-bond acceptors (Lipinski definition) is 4. The van der Waals surface area contributed by atoms with E-state index in [9.17, 15) is 4.79 Å². The van der Waals surface area contributed by atoms with Gasteiger partial charge in [-0.15, -0.1) is 0 Å². The smallest absolute Gasteiger partial charge is 0.274 e. The highest BCUT2D eigenvalue weighted by Gasteiger charge is 2.34. The second kappa shape index (κ2) is 5.54. The summed E-state index contributed by atoms with van der Waals surface area (Å²) in [5.41, 5.74) is 5.81. The van der Waals surface area contributed by atoms with Gasteiger partial charge in [0, 0.05) is 19.7 Å². The van der Waals surface area contributed by atoms with Crippen LogP contribution in [-0.4, -0.2) is 42.1 Å². The van der Waals surface area contributed by atoms with Crippen LogP contribution in [0.4, 0.5) is 5.82 Å². The Morgan fingerprint density at radius 3 is 2.94 bits per heavy atom. The average Bonchev–Trinajstić information content (AvgIpc) is 3.17. The Balaban J connectivity index is 2.19. The molecule has 2 rings (SSSR count). The number of anilines is 1. The number of carbonyl (C=O) groups excluding carboxylic acids is 1. The van der Waals surface area contributed by atoms with Crippen LogP contribution in [0.5, 0.6) is 0 Å². The summed E-state index contributed by atoms with van der Waals surface area (Å²) in [4.78, 5) is 18.2. The second-order valence-corrected chi connectivity index (χ2v) is 4.70. The number of nitrogens with two attached hydrogens (primary N) is 1. The first-order valence-electron chi connectivity index (χ1n) is 5.85. The number of nitrogens with zero attached hydrogens (tertiary/aromatic N) is 2. The number of rotatable bonds is 5. The van der Waals surface area contributed by atoms with E-state index in [2.05, 4.69) is 4.98 Å². The summed E-state index contributed by atoms with van der Waals surface area (Å²) < 4.78 is 5.02. The van der Waals surface area contributed by atoms with Crippen molar-refractivity contribution in [2.45, 2.75) is 18.9 Å². The minimum atomic E-state index is -0.174. The number of carbonyl (C=O) groups is 1. The number of aromatic nitrogens is 1. The Morgan fingerprint density at radius 2 is 2.33 bits per heavy atom. The molecule has 98 valence electrons. The zero-order chi connectivity index (χ0) is 13.1. The van der Waals surface area contributed by atoms with E-state index in [1.165, 1.54) is 0 Å². The van der Waals surface area contributed by atoms with Crippen molar-refractivity contribution in [1.82, 2.24) is 9.88 Å². The average molecular weight is 270 g/mol. The fourth-order valence-electron chi connectivity index (χ4n) is 1.77. The van der Waals surface area contributed by atoms with Gasteiger partial charge < -0.3 is 15.4 Å². The molecule has 1 aromatic rings. The molecule has 0 unspecified atom stereocenters. The molecule has 1 aromatic heterocycles. The van der Waals surface area contributed by atoms with Gasteiger partial charge in [-0.25, -0.2) is 4.98 Å². The Bertz CT molecular complexity index is 449. The lowest BCUT2D eigenvalue weighted by Gasteiger charge is -2.22. The largest absolute Gasteiger partial charge is 0.384 e. The van der Waals surface area contributed by atoms with E-state index in [0.717, 1.165) is 12.8 Å². The van der Waals surface area contributed by atoms with Crippen molar-refractivity contribution in [3.63, 3.8) is 0 Å². The van der Waals surface area contributed by atoms with E-state index >= 15 is 0 Å². The Morgan fingerprint density at radius 1 is 1.61 bits per heavy atom. The fraction of sp³-hybridized carbons (Fsp3) is 0.500. The monoisotopic (exact) mass is 269 g/mol. The van der Waals surface area contributed by atoms with E-state index in [4.69, 9.17) is 22.1 Å². The van der Waals surface area contributed by atoms with Crippen molar-refractivity contribution in [3.8, 4) is 0 Å². The lowest BCUT2D eigenvalue weighted by atomic mass is 10.3. The topological polar surface area (TPSA) is 68.5 Å². The number of amides is 1. The fourth-order valence-corrected chi connectivity index (χ4v) is 1.96. The molecule has 0 aliphatic heterocycles. The van der Waals surface area contributed by atoms with E-state index in [1.807, 2.05) is 0 Å². The minimum Gasteiger partial charge on any atom is -0.384 e. The van der Waals surface area contributed by atoms with Crippen LogP contribution in [0.1, 0.15) is 23.3 Å². The summed E-state index contributed by atoms with van der Waals surface area (Å²) in [6, 6.07) is 3.46. The molecule has 2 N–H and O–H groups in total. The highest BCUT2D eigenvalue weighted by atomic mass is 35.5. The molecule has 1 heterocycles. The number of pyridine rings is 1. The van der Waals surface area contributed by atoms with Crippen LogP contribution in [0.25, 0.3) is 0 Å². The molecule has 18 heavy (non-hydrogen) atoms. The summed E-state index contributed by atoms with van der Waals surface area (Å²) in [6.45, 7) is 1.05. The lowest BCUT2D eigenvalue weighted by molar-refractivity contribution is 0.0675. The maximum absolute atomic E-state index is 12.4. The molecule has 0 radical (unpaired) electrons. The molecule has 1 fully saturated rings. The van der Waals surface area contributed by atoms with Crippen molar-refractivity contribution in [2.75, 3.05) is 26.0 Å². The standard InChI is InChI=1S/C12H16ClN3O2/c1-18-7-6-16(8-2-3-8)12(17)11-9(13)4-5-10(14)15-11/h4-5,8H,2-3,6-7H2,1H3,(H2,14,15). The number of methoxy groups -OCH3 is 1. The number of ether oxygens (including phenoxy) is 1. The van der Waals surface area contributed by atoms with Gasteiger partial charge >= 0.3 is 0 Å². The first kappa shape index (κ1) is 13.1. The zero-order valence-corrected chi connectivity index (χ0v) is 11.0. The number of hydrogen-bond donors (Lipinski definition) is 1. The summed E-state index contributed by atoms with van der Waals surface area (Å²) in [6.07, 6.45) is 2.05. The third-order valence-corrected chi connectivity index (χ3v) is 3.16. The van der Waals surface area contributed by atoms with Crippen LogP contribution in [0, 0.1) is 0 Å². The first-order valence-corrected chi connectivity index (χ1v) is 6.23. The first-order chi connectivity index (χ1) is 8.63. The molecule has 0 bridgehead atoms. The van der Waals surface area contributed by atoms with Gasteiger partial charge in [0.15, 0.2) is 0 Å². The number of halogens is 1. The molecule has 1 saturated carbocycles. The van der Waals surface area contributed by atoms with Gasteiger partial charge in [0.05, 0.1) is 11.6 Å². The van der Waals surface area contributed by atoms with Crippen molar-refractivity contribution >= 4 is 23.3 Å². The summed E-state index contributed by atoms with van der Waals surface area (Å²) >= 11 is 6.00. The van der Waals surface area contributed by atoms with Crippen molar-refractivity contribution in [1.29, 1.82) is 0 Å². The molecule has 0 atom stereocenters.